The Morgan fingerprint density at radius 2 is 1.85 bits per heavy atom. The van der Waals surface area contributed by atoms with E-state index in [1.54, 1.807) is 17.2 Å². The van der Waals surface area contributed by atoms with Crippen molar-refractivity contribution in [1.29, 1.82) is 0 Å². The molecule has 1 aromatic heterocycles. The number of carbonyl (C=O) groups excluding carboxylic acids is 1. The van der Waals surface area contributed by atoms with Crippen LogP contribution in [0.2, 0.25) is 0 Å². The van der Waals surface area contributed by atoms with Crippen LogP contribution in [-0.2, 0) is 14.2 Å². The highest BCUT2D eigenvalue weighted by molar-refractivity contribution is 5.80. The predicted octanol–water partition coefficient (Wildman–Crippen LogP) is 1.92. The topological polar surface area (TPSA) is 111 Å². The monoisotopic (exact) mass is 470 g/mol. The van der Waals surface area contributed by atoms with Crippen LogP contribution in [0.4, 0.5) is 16.6 Å². The minimum absolute atomic E-state index is 0.112. The van der Waals surface area contributed by atoms with Crippen molar-refractivity contribution in [3.8, 4) is 5.88 Å². The summed E-state index contributed by atoms with van der Waals surface area (Å²) in [4.78, 5) is 24.8. The van der Waals surface area contributed by atoms with Gasteiger partial charge in [-0.1, -0.05) is 29.8 Å². The summed E-state index contributed by atoms with van der Waals surface area (Å²) in [5, 5.41) is 4.27. The van der Waals surface area contributed by atoms with Crippen LogP contribution in [0.3, 0.4) is 0 Å². The Balaban J connectivity index is 1.37. The summed E-state index contributed by atoms with van der Waals surface area (Å²) >= 11 is 0. The summed E-state index contributed by atoms with van der Waals surface area (Å²) in [6.07, 6.45) is 1.35. The zero-order valence-electron chi connectivity index (χ0n) is 19.3. The summed E-state index contributed by atoms with van der Waals surface area (Å²) in [5.41, 5.74) is 5.01. The van der Waals surface area contributed by atoms with Crippen molar-refractivity contribution in [2.24, 2.45) is 5.10 Å². The summed E-state index contributed by atoms with van der Waals surface area (Å²) in [6, 6.07) is 9.77. The highest BCUT2D eigenvalue weighted by Crippen LogP contribution is 2.21. The van der Waals surface area contributed by atoms with E-state index in [-0.39, 0.29) is 19.3 Å². The molecule has 34 heavy (non-hydrogen) atoms. The van der Waals surface area contributed by atoms with Crippen molar-refractivity contribution in [3.63, 3.8) is 0 Å². The van der Waals surface area contributed by atoms with Crippen LogP contribution in [0.5, 0.6) is 5.88 Å². The molecule has 182 valence electrons. The lowest BCUT2D eigenvalue weighted by molar-refractivity contribution is 0.0238. The molecule has 0 radical (unpaired) electrons. The Bertz CT molecular complexity index is 976. The zero-order chi connectivity index (χ0) is 23.6. The third-order valence-electron chi connectivity index (χ3n) is 5.27. The van der Waals surface area contributed by atoms with Gasteiger partial charge in [-0.15, -0.1) is 0 Å². The first kappa shape index (κ1) is 23.7. The van der Waals surface area contributed by atoms with Gasteiger partial charge in [-0.05, 0) is 12.5 Å². The van der Waals surface area contributed by atoms with Crippen LogP contribution >= 0.6 is 0 Å². The minimum Gasteiger partial charge on any atom is -0.474 e. The SMILES string of the molecule is Cc1cccc(C=NNc2nc(OCCOC(=O)N3CCOCC3)cc(N3CCOCC3)n2)c1. The Hall–Kier alpha value is -3.44. The third-order valence-corrected chi connectivity index (χ3v) is 5.27. The maximum atomic E-state index is 12.1. The van der Waals surface area contributed by atoms with Crippen LogP contribution < -0.4 is 15.1 Å². The standard InChI is InChI=1S/C23H30N6O5/c1-18-3-2-4-19(15-18)17-24-27-22-25-20(28-5-9-31-10-6-28)16-21(26-22)33-13-14-34-23(30)29-7-11-32-12-8-29/h2-4,15-17H,5-14H2,1H3,(H,25,26,27). The molecule has 2 aliphatic rings. The van der Waals surface area contributed by atoms with Gasteiger partial charge in [-0.3, -0.25) is 0 Å². The molecule has 0 aliphatic carbocycles. The van der Waals surface area contributed by atoms with Crippen molar-refractivity contribution in [2.45, 2.75) is 6.92 Å². The molecular formula is C23H30N6O5. The highest BCUT2D eigenvalue weighted by atomic mass is 16.6. The molecule has 1 amide bonds. The number of amides is 1. The summed E-state index contributed by atoms with van der Waals surface area (Å²) in [7, 11) is 0. The fourth-order valence-corrected chi connectivity index (χ4v) is 3.52. The van der Waals surface area contributed by atoms with Crippen molar-refractivity contribution < 1.29 is 23.7 Å². The van der Waals surface area contributed by atoms with Crippen molar-refractivity contribution in [3.05, 3.63) is 41.5 Å². The van der Waals surface area contributed by atoms with Crippen molar-refractivity contribution >= 4 is 24.1 Å². The van der Waals surface area contributed by atoms with Crippen molar-refractivity contribution in [2.75, 3.05) is 76.1 Å². The molecule has 4 rings (SSSR count). The van der Waals surface area contributed by atoms with E-state index < -0.39 is 0 Å². The number of anilines is 2. The average Bonchev–Trinajstić information content (AvgIpc) is 2.87. The molecule has 2 aliphatic heterocycles. The lowest BCUT2D eigenvalue weighted by Crippen LogP contribution is -2.41. The first-order chi connectivity index (χ1) is 16.7. The molecule has 11 nitrogen and oxygen atoms in total. The Morgan fingerprint density at radius 3 is 2.62 bits per heavy atom. The first-order valence-electron chi connectivity index (χ1n) is 11.4. The number of nitrogens with one attached hydrogen (secondary N) is 1. The normalized spacial score (nSPS) is 16.5. The maximum absolute atomic E-state index is 12.1. The number of nitrogens with zero attached hydrogens (tertiary/aromatic N) is 5. The van der Waals surface area contributed by atoms with E-state index in [2.05, 4.69) is 25.4 Å². The molecule has 0 bridgehead atoms. The number of hydrogen-bond donors (Lipinski definition) is 1. The van der Waals surface area contributed by atoms with Gasteiger partial charge in [0.05, 0.1) is 32.6 Å². The summed E-state index contributed by atoms with van der Waals surface area (Å²) in [6.45, 7) is 7.14. The van der Waals surface area contributed by atoms with Gasteiger partial charge in [0, 0.05) is 32.2 Å². The van der Waals surface area contributed by atoms with Crippen LogP contribution in [-0.4, -0.2) is 93.0 Å². The molecule has 0 spiro atoms. The van der Waals surface area contributed by atoms with E-state index in [0.717, 1.165) is 24.2 Å². The smallest absolute Gasteiger partial charge is 0.410 e. The number of aromatic nitrogens is 2. The molecule has 0 unspecified atom stereocenters. The molecule has 0 saturated carbocycles. The van der Waals surface area contributed by atoms with E-state index in [9.17, 15) is 4.79 Å². The average molecular weight is 471 g/mol. The predicted molar refractivity (Wildman–Crippen MR) is 127 cm³/mol. The van der Waals surface area contributed by atoms with Crippen LogP contribution in [0, 0.1) is 6.92 Å². The van der Waals surface area contributed by atoms with Crippen LogP contribution in [0.25, 0.3) is 0 Å². The Morgan fingerprint density at radius 1 is 1.09 bits per heavy atom. The van der Waals surface area contributed by atoms with Crippen molar-refractivity contribution in [1.82, 2.24) is 14.9 Å². The number of hydrazone groups is 1. The molecule has 3 heterocycles. The summed E-state index contributed by atoms with van der Waals surface area (Å²) in [5.74, 6) is 1.40. The number of hydrogen-bond acceptors (Lipinski definition) is 10. The van der Waals surface area contributed by atoms with Gasteiger partial charge in [-0.25, -0.2) is 10.2 Å². The van der Waals surface area contributed by atoms with Gasteiger partial charge in [-0.2, -0.15) is 15.1 Å². The maximum Gasteiger partial charge on any atom is 0.410 e. The third kappa shape index (κ3) is 7.03. The molecule has 2 fully saturated rings. The number of benzene rings is 1. The number of ether oxygens (including phenoxy) is 4. The number of morpholine rings is 2. The van der Waals surface area contributed by atoms with E-state index in [4.69, 9.17) is 18.9 Å². The van der Waals surface area contributed by atoms with Crippen LogP contribution in [0.15, 0.2) is 35.4 Å². The lowest BCUT2D eigenvalue weighted by Gasteiger charge is -2.28. The second-order valence-electron chi connectivity index (χ2n) is 7.83. The largest absolute Gasteiger partial charge is 0.474 e. The molecule has 2 saturated heterocycles. The fourth-order valence-electron chi connectivity index (χ4n) is 3.52. The Kier molecular flexibility index (Phi) is 8.47. The van der Waals surface area contributed by atoms with Gasteiger partial charge >= 0.3 is 6.09 Å². The van der Waals surface area contributed by atoms with E-state index in [1.165, 1.54) is 0 Å². The highest BCUT2D eigenvalue weighted by Gasteiger charge is 2.18. The summed E-state index contributed by atoms with van der Waals surface area (Å²) < 4.78 is 21.8. The van der Waals surface area contributed by atoms with Gasteiger partial charge in [0.1, 0.15) is 19.0 Å². The Labute approximate surface area is 198 Å². The number of rotatable bonds is 8. The second-order valence-corrected chi connectivity index (χ2v) is 7.83. The van der Waals surface area contributed by atoms with Gasteiger partial charge in [0.2, 0.25) is 11.8 Å². The minimum atomic E-state index is -0.364. The van der Waals surface area contributed by atoms with E-state index >= 15 is 0 Å². The fraction of sp³-hybridized carbons (Fsp3) is 0.478. The van der Waals surface area contributed by atoms with Gasteiger partial charge in [0.25, 0.3) is 0 Å². The molecule has 2 aromatic rings. The van der Waals surface area contributed by atoms with Gasteiger partial charge in [0.15, 0.2) is 0 Å². The first-order valence-corrected chi connectivity index (χ1v) is 11.4. The van der Waals surface area contributed by atoms with Gasteiger partial charge < -0.3 is 28.7 Å². The molecule has 1 aromatic carbocycles. The molecule has 0 atom stereocenters. The second kappa shape index (κ2) is 12.1. The molecular weight excluding hydrogens is 440 g/mol. The molecule has 1 N–H and O–H groups in total. The molecule has 11 heteroatoms. The van der Waals surface area contributed by atoms with E-state index in [0.29, 0.717) is 57.2 Å². The van der Waals surface area contributed by atoms with Crippen LogP contribution in [0.1, 0.15) is 11.1 Å². The quantitative estimate of drug-likeness (QED) is 0.351. The van der Waals surface area contributed by atoms with E-state index in [1.807, 2.05) is 31.2 Å². The number of carbonyl (C=O) groups is 1. The lowest BCUT2D eigenvalue weighted by atomic mass is 10.2. The number of aryl methyl sites for hydroxylation is 1. The zero-order valence-corrected chi connectivity index (χ0v) is 19.3.